The van der Waals surface area contributed by atoms with E-state index in [4.69, 9.17) is 10.2 Å². The summed E-state index contributed by atoms with van der Waals surface area (Å²) in [6.45, 7) is 3.03. The Morgan fingerprint density at radius 3 is 2.64 bits per heavy atom. The second-order valence-corrected chi connectivity index (χ2v) is 4.37. The zero-order valence-electron chi connectivity index (χ0n) is 8.62. The highest BCUT2D eigenvalue weighted by Gasteiger charge is 2.41. The zero-order chi connectivity index (χ0) is 10.6. The number of nitrogens with one attached hydrogen (secondary N) is 1. The van der Waals surface area contributed by atoms with Crippen LogP contribution in [0.4, 0.5) is 0 Å². The Morgan fingerprint density at radius 2 is 2.21 bits per heavy atom. The Bertz CT molecular complexity index is 202. The fourth-order valence-electron chi connectivity index (χ4n) is 1.40. The van der Waals surface area contributed by atoms with Crippen LogP contribution in [0.5, 0.6) is 0 Å². The molecule has 1 saturated carbocycles. The van der Waals surface area contributed by atoms with Crippen LogP contribution in [0, 0.1) is 5.41 Å². The van der Waals surface area contributed by atoms with Crippen LogP contribution in [0.1, 0.15) is 32.6 Å². The van der Waals surface area contributed by atoms with Crippen LogP contribution in [-0.2, 0) is 4.79 Å². The average Bonchev–Trinajstić information content (AvgIpc) is 2.92. The van der Waals surface area contributed by atoms with E-state index in [1.54, 1.807) is 0 Å². The lowest BCUT2D eigenvalue weighted by atomic mass is 10.1. The predicted molar refractivity (Wildman–Crippen MR) is 53.1 cm³/mol. The van der Waals surface area contributed by atoms with Gasteiger partial charge in [-0.15, -0.1) is 0 Å². The van der Waals surface area contributed by atoms with Gasteiger partial charge in [0.05, 0.1) is 0 Å². The average molecular weight is 201 g/mol. The van der Waals surface area contributed by atoms with Crippen molar-refractivity contribution in [3.8, 4) is 0 Å². The number of aliphatic carboxylic acids is 1. The van der Waals surface area contributed by atoms with Gasteiger partial charge in [0.15, 0.2) is 0 Å². The molecule has 0 spiro atoms. The smallest absolute Gasteiger partial charge is 0.303 e. The minimum absolute atomic E-state index is 0.109. The Balaban J connectivity index is 2.08. The van der Waals surface area contributed by atoms with Gasteiger partial charge in [-0.25, -0.2) is 0 Å². The second kappa shape index (κ2) is 4.75. The number of rotatable bonds is 7. The van der Waals surface area contributed by atoms with E-state index >= 15 is 0 Å². The molecule has 3 N–H and O–H groups in total. The topological polar surface area (TPSA) is 69.6 Å². The van der Waals surface area contributed by atoms with Gasteiger partial charge in [-0.1, -0.05) is 0 Å². The number of carboxylic acids is 1. The molecule has 0 amide bonds. The van der Waals surface area contributed by atoms with Crippen LogP contribution in [0.2, 0.25) is 0 Å². The van der Waals surface area contributed by atoms with Crippen molar-refractivity contribution in [2.24, 2.45) is 5.41 Å². The lowest BCUT2D eigenvalue weighted by Crippen LogP contribution is -2.33. The zero-order valence-corrected chi connectivity index (χ0v) is 8.62. The lowest BCUT2D eigenvalue weighted by molar-refractivity contribution is -0.137. The van der Waals surface area contributed by atoms with Gasteiger partial charge >= 0.3 is 5.97 Å². The van der Waals surface area contributed by atoms with Crippen molar-refractivity contribution in [2.75, 3.05) is 13.2 Å². The van der Waals surface area contributed by atoms with Crippen molar-refractivity contribution < 1.29 is 15.0 Å². The lowest BCUT2D eigenvalue weighted by Gasteiger charge is -2.17. The molecule has 0 aromatic carbocycles. The molecule has 1 unspecified atom stereocenters. The first-order valence-electron chi connectivity index (χ1n) is 5.14. The number of hydrogen-bond donors (Lipinski definition) is 3. The second-order valence-electron chi connectivity index (χ2n) is 4.37. The van der Waals surface area contributed by atoms with Crippen molar-refractivity contribution in [3.63, 3.8) is 0 Å². The van der Waals surface area contributed by atoms with Gasteiger partial charge in [-0.05, 0) is 26.2 Å². The van der Waals surface area contributed by atoms with Crippen molar-refractivity contribution in [2.45, 2.75) is 38.6 Å². The fraction of sp³-hybridized carbons (Fsp3) is 0.900. The third-order valence-corrected chi connectivity index (χ3v) is 2.91. The molecule has 0 radical (unpaired) electrons. The van der Waals surface area contributed by atoms with E-state index in [0.29, 0.717) is 6.42 Å². The molecule has 1 rings (SSSR count). The number of carbonyl (C=O) groups is 1. The summed E-state index contributed by atoms with van der Waals surface area (Å²) in [6.07, 6.45) is 3.03. The van der Waals surface area contributed by atoms with Crippen molar-refractivity contribution in [3.05, 3.63) is 0 Å². The highest BCUT2D eigenvalue weighted by molar-refractivity contribution is 5.66. The van der Waals surface area contributed by atoms with Gasteiger partial charge in [0.2, 0.25) is 0 Å². The molecule has 0 aromatic rings. The third kappa shape index (κ3) is 3.64. The van der Waals surface area contributed by atoms with Gasteiger partial charge in [0.1, 0.15) is 0 Å². The van der Waals surface area contributed by atoms with E-state index in [1.165, 1.54) is 0 Å². The van der Waals surface area contributed by atoms with Crippen LogP contribution in [-0.4, -0.2) is 35.4 Å². The highest BCUT2D eigenvalue weighted by Crippen LogP contribution is 2.44. The number of carboxylic acid groups (broad SMARTS) is 1. The Morgan fingerprint density at radius 1 is 1.57 bits per heavy atom. The molecule has 1 aliphatic carbocycles. The third-order valence-electron chi connectivity index (χ3n) is 2.91. The standard InChI is InChI=1S/C10H19NO3/c1-8(2-3-9(13)14)11-6-10(7-12)4-5-10/h8,11-12H,2-7H2,1H3,(H,13,14). The first kappa shape index (κ1) is 11.5. The molecule has 14 heavy (non-hydrogen) atoms. The molecular weight excluding hydrogens is 182 g/mol. The van der Waals surface area contributed by atoms with E-state index in [1.807, 2.05) is 6.92 Å². The number of hydrogen-bond acceptors (Lipinski definition) is 3. The predicted octanol–water partition coefficient (Wildman–Crippen LogP) is 0.602. The van der Waals surface area contributed by atoms with Gasteiger partial charge in [-0.3, -0.25) is 4.79 Å². The minimum atomic E-state index is -0.748. The fourth-order valence-corrected chi connectivity index (χ4v) is 1.40. The molecule has 1 fully saturated rings. The monoisotopic (exact) mass is 201 g/mol. The number of aliphatic hydroxyl groups is 1. The molecule has 0 heterocycles. The summed E-state index contributed by atoms with van der Waals surface area (Å²) < 4.78 is 0. The van der Waals surface area contributed by atoms with E-state index in [0.717, 1.165) is 19.4 Å². The molecule has 0 aliphatic heterocycles. The van der Waals surface area contributed by atoms with Gasteiger partial charge in [0.25, 0.3) is 0 Å². The molecule has 0 bridgehead atoms. The maximum absolute atomic E-state index is 10.3. The quantitative estimate of drug-likeness (QED) is 0.564. The number of aliphatic hydroxyl groups excluding tert-OH is 1. The summed E-state index contributed by atoms with van der Waals surface area (Å²) in [7, 11) is 0. The first-order chi connectivity index (χ1) is 6.58. The van der Waals surface area contributed by atoms with Gasteiger partial charge in [-0.2, -0.15) is 0 Å². The summed E-state index contributed by atoms with van der Waals surface area (Å²) in [5.41, 5.74) is 0.109. The molecule has 82 valence electrons. The van der Waals surface area contributed by atoms with Crippen molar-refractivity contribution in [1.29, 1.82) is 0 Å². The Labute approximate surface area is 84.3 Å². The minimum Gasteiger partial charge on any atom is -0.481 e. The molecular formula is C10H19NO3. The van der Waals surface area contributed by atoms with Crippen molar-refractivity contribution in [1.82, 2.24) is 5.32 Å². The van der Waals surface area contributed by atoms with Crippen LogP contribution in [0.3, 0.4) is 0 Å². The molecule has 1 aliphatic rings. The molecule has 1 atom stereocenters. The van der Waals surface area contributed by atoms with Crippen LogP contribution in [0.15, 0.2) is 0 Å². The normalized spacial score (nSPS) is 20.4. The maximum atomic E-state index is 10.3. The molecule has 0 saturated heterocycles. The van der Waals surface area contributed by atoms with Crippen molar-refractivity contribution >= 4 is 5.97 Å². The SMILES string of the molecule is CC(CCC(=O)O)NCC1(CO)CC1. The van der Waals surface area contributed by atoms with Crippen LogP contribution < -0.4 is 5.32 Å². The summed E-state index contributed by atoms with van der Waals surface area (Å²) >= 11 is 0. The van der Waals surface area contributed by atoms with Gasteiger partial charge in [0, 0.05) is 31.0 Å². The summed E-state index contributed by atoms with van der Waals surface area (Å²) in [6, 6.07) is 0.218. The first-order valence-corrected chi connectivity index (χ1v) is 5.14. The summed E-state index contributed by atoms with van der Waals surface area (Å²) in [4.78, 5) is 10.3. The Kier molecular flexibility index (Phi) is 3.89. The largest absolute Gasteiger partial charge is 0.481 e. The van der Waals surface area contributed by atoms with E-state index in [2.05, 4.69) is 5.32 Å². The molecule has 4 nitrogen and oxygen atoms in total. The van der Waals surface area contributed by atoms with E-state index < -0.39 is 5.97 Å². The highest BCUT2D eigenvalue weighted by atomic mass is 16.4. The van der Waals surface area contributed by atoms with Crippen LogP contribution >= 0.6 is 0 Å². The Hall–Kier alpha value is -0.610. The summed E-state index contributed by atoms with van der Waals surface area (Å²) in [5.74, 6) is -0.748. The molecule has 4 heteroatoms. The van der Waals surface area contributed by atoms with E-state index in [9.17, 15) is 4.79 Å². The van der Waals surface area contributed by atoms with Gasteiger partial charge < -0.3 is 15.5 Å². The summed E-state index contributed by atoms with van der Waals surface area (Å²) in [5, 5.41) is 20.8. The van der Waals surface area contributed by atoms with Crippen LogP contribution in [0.25, 0.3) is 0 Å². The maximum Gasteiger partial charge on any atom is 0.303 e. The van der Waals surface area contributed by atoms with E-state index in [-0.39, 0.29) is 24.5 Å². The molecule has 0 aromatic heterocycles.